The third-order valence-electron chi connectivity index (χ3n) is 2.79. The van der Waals surface area contributed by atoms with Crippen LogP contribution in [0, 0.1) is 0 Å². The predicted molar refractivity (Wildman–Crippen MR) is 67.9 cm³/mol. The van der Waals surface area contributed by atoms with Gasteiger partial charge in [0.05, 0.1) is 18.9 Å². The first-order chi connectivity index (χ1) is 8.96. The number of hydrogen-bond donors (Lipinski definition) is 0. The molecule has 1 amide bonds. The molecule has 0 bridgehead atoms. The Kier molecular flexibility index (Phi) is 4.09. The lowest BCUT2D eigenvalue weighted by Crippen LogP contribution is -2.39. The van der Waals surface area contributed by atoms with Gasteiger partial charge in [-0.3, -0.25) is 0 Å². The highest BCUT2D eigenvalue weighted by Crippen LogP contribution is 2.20. The second kappa shape index (κ2) is 5.61. The molecule has 1 atom stereocenters. The van der Waals surface area contributed by atoms with Crippen molar-refractivity contribution < 1.29 is 18.7 Å². The van der Waals surface area contributed by atoms with Crippen LogP contribution in [0.3, 0.4) is 0 Å². The van der Waals surface area contributed by atoms with E-state index in [0.717, 1.165) is 5.69 Å². The summed E-state index contributed by atoms with van der Waals surface area (Å²) in [6.07, 6.45) is 2.66. The molecule has 0 aliphatic carbocycles. The molecule has 6 heteroatoms. The highest BCUT2D eigenvalue weighted by Gasteiger charge is 2.28. The molecule has 1 saturated heterocycles. The third-order valence-corrected chi connectivity index (χ3v) is 2.79. The normalized spacial score (nSPS) is 21.0. The van der Waals surface area contributed by atoms with E-state index in [4.69, 9.17) is 13.9 Å². The molecule has 1 fully saturated rings. The standard InChI is InChI=1S/C13H20N2O4/c1-13(2,3)19-12(16)15-4-5-17-7-10(6-15)11-8-18-9-14-11/h8-10H,4-7H2,1-3H3. The van der Waals surface area contributed by atoms with Gasteiger partial charge in [0.1, 0.15) is 11.9 Å². The molecule has 0 radical (unpaired) electrons. The van der Waals surface area contributed by atoms with E-state index >= 15 is 0 Å². The number of rotatable bonds is 1. The second-order valence-electron chi connectivity index (χ2n) is 5.61. The van der Waals surface area contributed by atoms with Crippen molar-refractivity contribution in [3.05, 3.63) is 18.4 Å². The Morgan fingerprint density at radius 3 is 2.95 bits per heavy atom. The molecule has 1 aromatic rings. The number of amides is 1. The topological polar surface area (TPSA) is 64.8 Å². The molecule has 0 saturated carbocycles. The minimum absolute atomic E-state index is 0.0220. The van der Waals surface area contributed by atoms with Gasteiger partial charge in [0.2, 0.25) is 0 Å². The minimum Gasteiger partial charge on any atom is -0.451 e. The zero-order valence-corrected chi connectivity index (χ0v) is 11.6. The maximum atomic E-state index is 12.1. The summed E-state index contributed by atoms with van der Waals surface area (Å²) in [6.45, 7) is 7.67. The number of aromatic nitrogens is 1. The highest BCUT2D eigenvalue weighted by atomic mass is 16.6. The monoisotopic (exact) mass is 268 g/mol. The van der Waals surface area contributed by atoms with Crippen LogP contribution in [0.4, 0.5) is 4.79 Å². The first-order valence-electron chi connectivity index (χ1n) is 6.39. The fourth-order valence-electron chi connectivity index (χ4n) is 1.91. The summed E-state index contributed by atoms with van der Waals surface area (Å²) in [5.74, 6) is 0.0220. The molecular formula is C13H20N2O4. The van der Waals surface area contributed by atoms with Crippen LogP contribution in [0.5, 0.6) is 0 Å². The molecule has 2 rings (SSSR count). The predicted octanol–water partition coefficient (Wildman–Crippen LogP) is 2.03. The van der Waals surface area contributed by atoms with E-state index in [1.54, 1.807) is 11.2 Å². The fraction of sp³-hybridized carbons (Fsp3) is 0.692. The molecule has 6 nitrogen and oxygen atoms in total. The Balaban J connectivity index is 2.02. The van der Waals surface area contributed by atoms with Crippen molar-refractivity contribution in [2.75, 3.05) is 26.3 Å². The molecule has 106 valence electrons. The molecule has 0 aromatic carbocycles. The number of oxazole rings is 1. The van der Waals surface area contributed by atoms with Gasteiger partial charge in [-0.25, -0.2) is 9.78 Å². The van der Waals surface area contributed by atoms with Crippen molar-refractivity contribution in [1.29, 1.82) is 0 Å². The van der Waals surface area contributed by atoms with Gasteiger partial charge in [0.25, 0.3) is 0 Å². The van der Waals surface area contributed by atoms with Crippen molar-refractivity contribution in [2.24, 2.45) is 0 Å². The maximum absolute atomic E-state index is 12.1. The molecule has 19 heavy (non-hydrogen) atoms. The van der Waals surface area contributed by atoms with E-state index in [-0.39, 0.29) is 12.0 Å². The van der Waals surface area contributed by atoms with Gasteiger partial charge >= 0.3 is 6.09 Å². The molecule has 0 N–H and O–H groups in total. The average Bonchev–Trinajstić information content (AvgIpc) is 2.71. The molecule has 1 aliphatic rings. The van der Waals surface area contributed by atoms with Crippen LogP contribution in [0.2, 0.25) is 0 Å². The Bertz CT molecular complexity index is 411. The summed E-state index contributed by atoms with van der Waals surface area (Å²) in [7, 11) is 0. The third kappa shape index (κ3) is 3.96. The highest BCUT2D eigenvalue weighted by molar-refractivity contribution is 5.68. The lowest BCUT2D eigenvalue weighted by Gasteiger charge is -2.27. The van der Waals surface area contributed by atoms with E-state index < -0.39 is 5.60 Å². The fourth-order valence-corrected chi connectivity index (χ4v) is 1.91. The lowest BCUT2D eigenvalue weighted by atomic mass is 10.1. The van der Waals surface area contributed by atoms with Crippen molar-refractivity contribution >= 4 is 6.09 Å². The summed E-state index contributed by atoms with van der Waals surface area (Å²) >= 11 is 0. The van der Waals surface area contributed by atoms with Gasteiger partial charge in [-0.05, 0) is 20.8 Å². The number of ether oxygens (including phenoxy) is 2. The van der Waals surface area contributed by atoms with Gasteiger partial charge in [0.15, 0.2) is 6.39 Å². The molecular weight excluding hydrogens is 248 g/mol. The van der Waals surface area contributed by atoms with Gasteiger partial charge in [-0.1, -0.05) is 0 Å². The van der Waals surface area contributed by atoms with E-state index in [2.05, 4.69) is 4.98 Å². The summed E-state index contributed by atoms with van der Waals surface area (Å²) in [6, 6.07) is 0. The quantitative estimate of drug-likeness (QED) is 0.779. The van der Waals surface area contributed by atoms with Crippen molar-refractivity contribution in [1.82, 2.24) is 9.88 Å². The zero-order valence-electron chi connectivity index (χ0n) is 11.6. The summed E-state index contributed by atoms with van der Waals surface area (Å²) in [5.41, 5.74) is 0.309. The Morgan fingerprint density at radius 1 is 1.53 bits per heavy atom. The number of hydrogen-bond acceptors (Lipinski definition) is 5. The van der Waals surface area contributed by atoms with Gasteiger partial charge in [-0.15, -0.1) is 0 Å². The number of carbonyl (C=O) groups is 1. The largest absolute Gasteiger partial charge is 0.451 e. The summed E-state index contributed by atoms with van der Waals surface area (Å²) in [4.78, 5) is 17.9. The smallest absolute Gasteiger partial charge is 0.410 e. The zero-order chi connectivity index (χ0) is 13.9. The van der Waals surface area contributed by atoms with E-state index in [1.807, 2.05) is 20.8 Å². The number of carbonyl (C=O) groups excluding carboxylic acids is 1. The van der Waals surface area contributed by atoms with Crippen LogP contribution in [0.1, 0.15) is 32.4 Å². The molecule has 0 spiro atoms. The van der Waals surface area contributed by atoms with Crippen molar-refractivity contribution in [3.8, 4) is 0 Å². The first-order valence-corrected chi connectivity index (χ1v) is 6.39. The number of nitrogens with zero attached hydrogens (tertiary/aromatic N) is 2. The minimum atomic E-state index is -0.492. The second-order valence-corrected chi connectivity index (χ2v) is 5.61. The molecule has 2 heterocycles. The van der Waals surface area contributed by atoms with E-state index in [0.29, 0.717) is 26.3 Å². The van der Waals surface area contributed by atoms with Crippen LogP contribution < -0.4 is 0 Å². The van der Waals surface area contributed by atoms with Crippen LogP contribution in [0.25, 0.3) is 0 Å². The van der Waals surface area contributed by atoms with E-state index in [1.165, 1.54) is 6.39 Å². The average molecular weight is 268 g/mol. The molecule has 1 unspecified atom stereocenters. The SMILES string of the molecule is CC(C)(C)OC(=O)N1CCOCC(c2cocn2)C1. The van der Waals surface area contributed by atoms with Crippen molar-refractivity contribution in [2.45, 2.75) is 32.3 Å². The Hall–Kier alpha value is -1.56. The van der Waals surface area contributed by atoms with Crippen LogP contribution >= 0.6 is 0 Å². The van der Waals surface area contributed by atoms with Crippen LogP contribution in [0.15, 0.2) is 17.1 Å². The van der Waals surface area contributed by atoms with Gasteiger partial charge in [0, 0.05) is 19.0 Å². The Labute approximate surface area is 112 Å². The van der Waals surface area contributed by atoms with Crippen LogP contribution in [-0.4, -0.2) is 47.9 Å². The summed E-state index contributed by atoms with van der Waals surface area (Å²) in [5, 5.41) is 0. The van der Waals surface area contributed by atoms with E-state index in [9.17, 15) is 4.79 Å². The first kappa shape index (κ1) is 13.9. The van der Waals surface area contributed by atoms with Gasteiger partial charge < -0.3 is 18.8 Å². The molecule has 1 aromatic heterocycles. The summed E-state index contributed by atoms with van der Waals surface area (Å²) < 4.78 is 15.9. The maximum Gasteiger partial charge on any atom is 0.410 e. The van der Waals surface area contributed by atoms with Gasteiger partial charge in [-0.2, -0.15) is 0 Å². The lowest BCUT2D eigenvalue weighted by molar-refractivity contribution is 0.0240. The van der Waals surface area contributed by atoms with Crippen LogP contribution in [-0.2, 0) is 9.47 Å². The Morgan fingerprint density at radius 2 is 2.32 bits per heavy atom. The van der Waals surface area contributed by atoms with Crippen molar-refractivity contribution in [3.63, 3.8) is 0 Å². The molecule has 1 aliphatic heterocycles.